The van der Waals surface area contributed by atoms with E-state index in [0.29, 0.717) is 11.3 Å². The highest BCUT2D eigenvalue weighted by Crippen LogP contribution is 2.43. The summed E-state index contributed by atoms with van der Waals surface area (Å²) in [6.45, 7) is -0.455. The molecule has 17 nitrogen and oxygen atoms in total. The molecule has 2 aromatic rings. The zero-order valence-corrected chi connectivity index (χ0v) is 23.9. The molecule has 4 rings (SSSR count). The minimum atomic E-state index is -4.74. The normalized spacial score (nSPS) is 24.3. The smallest absolute Gasteiger partial charge is 0.435 e. The molecule has 228 valence electrons. The van der Waals surface area contributed by atoms with Gasteiger partial charge in [-0.15, -0.1) is 0 Å². The molecule has 1 saturated heterocycles. The van der Waals surface area contributed by atoms with Crippen LogP contribution in [0.5, 0.6) is 0 Å². The first-order valence-electron chi connectivity index (χ1n) is 12.8. The molecule has 0 bridgehead atoms. The van der Waals surface area contributed by atoms with Gasteiger partial charge in [-0.25, -0.2) is 18.9 Å². The number of halogens is 1. The van der Waals surface area contributed by atoms with Crippen molar-refractivity contribution in [2.75, 3.05) is 38.9 Å². The third kappa shape index (κ3) is 7.81. The highest BCUT2D eigenvalue weighted by atomic mass is 35.5. The molecule has 1 aliphatic carbocycles. The molecule has 4 N–H and O–H groups in total. The molecule has 0 radical (unpaired) electrons. The van der Waals surface area contributed by atoms with Crippen LogP contribution < -0.4 is 5.32 Å². The molecule has 2 fully saturated rings. The van der Waals surface area contributed by atoms with Crippen LogP contribution in [0.2, 0.25) is 5.28 Å². The fourth-order valence-corrected chi connectivity index (χ4v) is 5.21. The van der Waals surface area contributed by atoms with Crippen molar-refractivity contribution in [3.05, 3.63) is 11.6 Å². The van der Waals surface area contributed by atoms with Gasteiger partial charge in [0.05, 0.1) is 12.9 Å². The molecule has 3 heterocycles. The number of nitrogens with one attached hydrogen (secondary N) is 1. The lowest BCUT2D eigenvalue weighted by Gasteiger charge is -2.23. The molecule has 1 amide bonds. The Morgan fingerprint density at radius 2 is 1.95 bits per heavy atom. The number of anilines is 1. The van der Waals surface area contributed by atoms with Gasteiger partial charge in [-0.05, 0) is 31.4 Å². The Morgan fingerprint density at radius 3 is 2.66 bits per heavy atom. The van der Waals surface area contributed by atoms with E-state index in [1.165, 1.54) is 24.9 Å². The van der Waals surface area contributed by atoms with E-state index < -0.39 is 57.8 Å². The highest BCUT2D eigenvalue weighted by molar-refractivity contribution is 7.47. The number of hydrogen-bond acceptors (Lipinski definition) is 14. The fraction of sp³-hybridized carbons (Fsp3) is 0.682. The number of aromatic nitrogens is 4. The summed E-state index contributed by atoms with van der Waals surface area (Å²) in [7, 11) is -3.40. The Balaban J connectivity index is 1.35. The third-order valence-electron chi connectivity index (χ3n) is 6.59. The van der Waals surface area contributed by atoms with Crippen LogP contribution in [0.3, 0.4) is 0 Å². The lowest BCUT2D eigenvalue weighted by Crippen LogP contribution is -2.42. The lowest BCUT2D eigenvalue weighted by atomic mass is 10.1. The van der Waals surface area contributed by atoms with Crippen LogP contribution in [0, 0.1) is 0 Å². The van der Waals surface area contributed by atoms with Gasteiger partial charge >= 0.3 is 14.0 Å². The summed E-state index contributed by atoms with van der Waals surface area (Å²) in [6.07, 6.45) is -0.504. The summed E-state index contributed by atoms with van der Waals surface area (Å²) in [4.78, 5) is 47.2. The minimum absolute atomic E-state index is 0.0323. The molecule has 19 heteroatoms. The van der Waals surface area contributed by atoms with Crippen LogP contribution in [0.4, 0.5) is 10.6 Å². The Kier molecular flexibility index (Phi) is 10.4. The number of ether oxygens (including phenoxy) is 3. The van der Waals surface area contributed by atoms with Crippen molar-refractivity contribution >= 4 is 48.5 Å². The summed E-state index contributed by atoms with van der Waals surface area (Å²) in [5.41, 5.74) is 0.702. The molecule has 41 heavy (non-hydrogen) atoms. The van der Waals surface area contributed by atoms with E-state index >= 15 is 0 Å². The number of likely N-dealkylation sites (N-methyl/N-ethyl adjacent to an activating group) is 1. The number of rotatable bonds is 12. The topological polar surface area (TPSA) is 217 Å². The van der Waals surface area contributed by atoms with Gasteiger partial charge in [0.15, 0.2) is 23.2 Å². The van der Waals surface area contributed by atoms with Gasteiger partial charge in [0.25, 0.3) is 0 Å². The number of fused-ring (bicyclic) bond motifs is 1. The molecule has 2 aromatic heterocycles. The van der Waals surface area contributed by atoms with Crippen molar-refractivity contribution in [1.82, 2.24) is 24.4 Å². The van der Waals surface area contributed by atoms with Gasteiger partial charge in [0.2, 0.25) is 18.0 Å². The molecule has 5 atom stereocenters. The number of carbonyl (C=O) groups is 2. The minimum Gasteiger partial charge on any atom is -0.435 e. The molecule has 1 unspecified atom stereocenters. The molecule has 1 saturated carbocycles. The van der Waals surface area contributed by atoms with E-state index in [4.69, 9.17) is 16.3 Å². The van der Waals surface area contributed by atoms with Gasteiger partial charge in [-0.3, -0.25) is 13.9 Å². The number of nitrogens with zero attached hydrogens (tertiary/aromatic N) is 5. The number of hydrogen-bond donors (Lipinski definition) is 4. The van der Waals surface area contributed by atoms with Crippen LogP contribution in [0.1, 0.15) is 38.8 Å². The first kappa shape index (κ1) is 31.3. The van der Waals surface area contributed by atoms with Gasteiger partial charge < -0.3 is 39.5 Å². The highest BCUT2D eigenvalue weighted by Gasteiger charge is 2.45. The molecule has 0 aromatic carbocycles. The molecule has 1 aliphatic heterocycles. The fourth-order valence-electron chi connectivity index (χ4n) is 4.51. The number of aliphatic hydroxyl groups is 2. The predicted molar refractivity (Wildman–Crippen MR) is 140 cm³/mol. The van der Waals surface area contributed by atoms with Crippen molar-refractivity contribution < 1.29 is 52.5 Å². The van der Waals surface area contributed by atoms with E-state index in [1.807, 2.05) is 0 Å². The zero-order valence-electron chi connectivity index (χ0n) is 22.3. The quantitative estimate of drug-likeness (QED) is 0.113. The van der Waals surface area contributed by atoms with Crippen molar-refractivity contribution in [2.45, 2.75) is 63.2 Å². The lowest BCUT2D eigenvalue weighted by molar-refractivity contribution is -0.135. The summed E-state index contributed by atoms with van der Waals surface area (Å²) in [6, 6.07) is 0.232. The van der Waals surface area contributed by atoms with Crippen molar-refractivity contribution in [2.24, 2.45) is 0 Å². The van der Waals surface area contributed by atoms with Crippen LogP contribution in [0.15, 0.2) is 6.33 Å². The van der Waals surface area contributed by atoms with Gasteiger partial charge in [-0.1, -0.05) is 12.8 Å². The largest absolute Gasteiger partial charge is 0.510 e. The van der Waals surface area contributed by atoms with E-state index in [1.54, 1.807) is 0 Å². The summed E-state index contributed by atoms with van der Waals surface area (Å²) >= 11 is 6.17. The molecule has 2 aliphatic rings. The number of amides is 1. The number of phosphoric acid groups is 1. The third-order valence-corrected chi connectivity index (χ3v) is 7.64. The van der Waals surface area contributed by atoms with Crippen LogP contribution in [-0.4, -0.2) is 110 Å². The predicted octanol–water partition coefficient (Wildman–Crippen LogP) is 1.18. The summed E-state index contributed by atoms with van der Waals surface area (Å²) < 4.78 is 37.2. The summed E-state index contributed by atoms with van der Waals surface area (Å²) in [5.74, 6) is -0.309. The van der Waals surface area contributed by atoms with Crippen molar-refractivity contribution in [3.63, 3.8) is 0 Å². The first-order valence-corrected chi connectivity index (χ1v) is 14.7. The van der Waals surface area contributed by atoms with Crippen LogP contribution >= 0.6 is 19.4 Å². The number of phosphoric ester groups is 1. The van der Waals surface area contributed by atoms with Gasteiger partial charge in [0.1, 0.15) is 24.9 Å². The number of aliphatic hydroxyl groups excluding tert-OH is 2. The Labute approximate surface area is 239 Å². The first-order chi connectivity index (χ1) is 19.5. The van der Waals surface area contributed by atoms with E-state index in [9.17, 15) is 29.3 Å². The van der Waals surface area contributed by atoms with Crippen molar-refractivity contribution in [3.8, 4) is 0 Å². The van der Waals surface area contributed by atoms with Gasteiger partial charge in [0, 0.05) is 19.6 Å². The zero-order chi connectivity index (χ0) is 29.7. The standard InChI is InChI=1S/C22H32ClN6O11P/c1-3-36-22(33)37-11-39-41(34,35)38-9-14(30)28(2)8-13-16(31)17(32)20(40-13)29-10-24-15-18(25-12-6-4-5-7-12)26-21(23)27-19(15)29/h10,12-13,16-17,20,31-32H,3-9,11H2,1-2H3,(H,34,35)(H,25,26,27)/t13-,16-,17-,20-/m1/s1. The molecular formula is C22H32ClN6O11P. The number of imidazole rings is 1. The van der Waals surface area contributed by atoms with E-state index in [2.05, 4.69) is 38.8 Å². The average molecular weight is 623 g/mol. The van der Waals surface area contributed by atoms with Crippen LogP contribution in [0.25, 0.3) is 11.2 Å². The Bertz CT molecular complexity index is 1280. The second kappa shape index (κ2) is 13.6. The average Bonchev–Trinajstić information content (AvgIpc) is 3.64. The summed E-state index contributed by atoms with van der Waals surface area (Å²) in [5, 5.41) is 24.7. The van der Waals surface area contributed by atoms with E-state index in [0.717, 1.165) is 30.6 Å². The maximum absolute atomic E-state index is 12.5. The second-order valence-electron chi connectivity index (χ2n) is 9.43. The second-order valence-corrected chi connectivity index (χ2v) is 11.2. The maximum atomic E-state index is 12.5. The van der Waals surface area contributed by atoms with E-state index in [-0.39, 0.29) is 30.1 Å². The van der Waals surface area contributed by atoms with Crippen LogP contribution in [-0.2, 0) is 32.6 Å². The van der Waals surface area contributed by atoms with Crippen molar-refractivity contribution in [1.29, 1.82) is 0 Å². The molecule has 0 spiro atoms. The Morgan fingerprint density at radius 1 is 1.22 bits per heavy atom. The maximum Gasteiger partial charge on any atom is 0.510 e. The number of carbonyl (C=O) groups excluding carboxylic acids is 2. The SMILES string of the molecule is CCOC(=O)OCOP(=O)(O)OCC(=O)N(C)C[C@H]1O[C@@H](n2cnc3c(NC4CCCC4)nc(Cl)nc32)[C@H](O)[C@@H]1O. The Hall–Kier alpha value is -2.63. The molecular weight excluding hydrogens is 591 g/mol. The van der Waals surface area contributed by atoms with Gasteiger partial charge in [-0.2, -0.15) is 9.97 Å². The monoisotopic (exact) mass is 622 g/mol.